The van der Waals surface area contributed by atoms with Crippen molar-refractivity contribution in [2.75, 3.05) is 18.5 Å². The van der Waals surface area contributed by atoms with Crippen LogP contribution in [0.15, 0.2) is 29.2 Å². The van der Waals surface area contributed by atoms with Gasteiger partial charge in [0.25, 0.3) is 5.91 Å². The summed E-state index contributed by atoms with van der Waals surface area (Å²) in [5.41, 5.74) is 1.21. The second kappa shape index (κ2) is 6.37. The molecule has 2 aromatic rings. The largest absolute Gasteiger partial charge is 0.381 e. The summed E-state index contributed by atoms with van der Waals surface area (Å²) in [4.78, 5) is 23.7. The molecule has 0 bridgehead atoms. The quantitative estimate of drug-likeness (QED) is 0.925. The van der Waals surface area contributed by atoms with Gasteiger partial charge in [-0.2, -0.15) is 5.10 Å². The molecule has 7 nitrogen and oxygen atoms in total. The van der Waals surface area contributed by atoms with Crippen LogP contribution in [0.2, 0.25) is 0 Å². The maximum atomic E-state index is 12.3. The molecule has 1 atom stereocenters. The Morgan fingerprint density at radius 2 is 2.22 bits per heavy atom. The minimum atomic E-state index is -0.268. The van der Waals surface area contributed by atoms with E-state index in [1.165, 1.54) is 22.9 Å². The van der Waals surface area contributed by atoms with Crippen molar-refractivity contribution in [2.45, 2.75) is 18.8 Å². The fourth-order valence-corrected chi connectivity index (χ4v) is 2.70. The van der Waals surface area contributed by atoms with Crippen LogP contribution in [0.1, 0.15) is 34.8 Å². The van der Waals surface area contributed by atoms with Crippen molar-refractivity contribution in [1.82, 2.24) is 14.3 Å². The maximum absolute atomic E-state index is 12.3. The first-order valence-electron chi connectivity index (χ1n) is 7.64. The number of anilines is 1. The third-order valence-corrected chi connectivity index (χ3v) is 4.07. The van der Waals surface area contributed by atoms with Crippen molar-refractivity contribution in [3.8, 4) is 0 Å². The zero-order chi connectivity index (χ0) is 16.4. The normalized spacial score (nSPS) is 17.9. The van der Waals surface area contributed by atoms with Gasteiger partial charge in [-0.05, 0) is 18.9 Å². The molecule has 3 heterocycles. The second-order valence-corrected chi connectivity index (χ2v) is 5.81. The zero-order valence-corrected chi connectivity index (χ0v) is 13.3. The summed E-state index contributed by atoms with van der Waals surface area (Å²) in [6.07, 6.45) is 3.59. The summed E-state index contributed by atoms with van der Waals surface area (Å²) in [5.74, 6) is 0.637. The van der Waals surface area contributed by atoms with Crippen LogP contribution in [-0.2, 0) is 18.8 Å². The molecule has 1 aliphatic rings. The number of carbonyl (C=O) groups excluding carboxylic acids is 1. The fraction of sp³-hybridized carbons (Fsp3) is 0.438. The van der Waals surface area contributed by atoms with E-state index in [0.29, 0.717) is 18.0 Å². The van der Waals surface area contributed by atoms with Gasteiger partial charge in [-0.15, -0.1) is 0 Å². The summed E-state index contributed by atoms with van der Waals surface area (Å²) < 4.78 is 8.53. The molecule has 1 aliphatic heterocycles. The van der Waals surface area contributed by atoms with E-state index in [-0.39, 0.29) is 17.4 Å². The molecule has 1 amide bonds. The van der Waals surface area contributed by atoms with E-state index in [1.807, 2.05) is 6.07 Å². The number of nitrogens with one attached hydrogen (secondary N) is 1. The van der Waals surface area contributed by atoms with Crippen LogP contribution in [-0.4, -0.2) is 33.5 Å². The van der Waals surface area contributed by atoms with E-state index >= 15 is 0 Å². The predicted octanol–water partition coefficient (Wildman–Crippen LogP) is 1.27. The number of carbonyl (C=O) groups is 1. The summed E-state index contributed by atoms with van der Waals surface area (Å²) in [6.45, 7) is 1.48. The fourth-order valence-electron chi connectivity index (χ4n) is 2.70. The summed E-state index contributed by atoms with van der Waals surface area (Å²) in [5, 5.41) is 7.32. The highest BCUT2D eigenvalue weighted by Crippen LogP contribution is 2.26. The van der Waals surface area contributed by atoms with Crippen molar-refractivity contribution in [3.05, 3.63) is 46.0 Å². The van der Waals surface area contributed by atoms with Crippen LogP contribution >= 0.6 is 0 Å². The Bertz CT molecular complexity index is 772. The molecule has 3 rings (SSSR count). The van der Waals surface area contributed by atoms with Gasteiger partial charge in [0.15, 0.2) is 0 Å². The SMILES string of the molecule is Cn1nc(C2CCCOC2)cc1NC(=O)c1ccc(=O)n(C)c1. The average molecular weight is 316 g/mol. The molecule has 2 aromatic heterocycles. The van der Waals surface area contributed by atoms with Gasteiger partial charge in [-0.3, -0.25) is 14.3 Å². The topological polar surface area (TPSA) is 78.2 Å². The smallest absolute Gasteiger partial charge is 0.258 e. The van der Waals surface area contributed by atoms with Crippen molar-refractivity contribution in [1.29, 1.82) is 0 Å². The Labute approximate surface area is 133 Å². The second-order valence-electron chi connectivity index (χ2n) is 5.81. The van der Waals surface area contributed by atoms with E-state index in [2.05, 4.69) is 10.4 Å². The number of aromatic nitrogens is 3. The Kier molecular flexibility index (Phi) is 4.29. The molecule has 1 saturated heterocycles. The number of hydrogen-bond acceptors (Lipinski definition) is 4. The van der Waals surface area contributed by atoms with Gasteiger partial charge in [0.2, 0.25) is 5.56 Å². The van der Waals surface area contributed by atoms with Crippen LogP contribution < -0.4 is 10.9 Å². The van der Waals surface area contributed by atoms with Gasteiger partial charge < -0.3 is 14.6 Å². The highest BCUT2D eigenvalue weighted by atomic mass is 16.5. The average Bonchev–Trinajstić information content (AvgIpc) is 2.92. The summed E-state index contributed by atoms with van der Waals surface area (Å²) in [7, 11) is 3.41. The number of pyridine rings is 1. The molecule has 1 fully saturated rings. The molecular formula is C16H20N4O3. The maximum Gasteiger partial charge on any atom is 0.258 e. The van der Waals surface area contributed by atoms with E-state index in [4.69, 9.17) is 4.74 Å². The van der Waals surface area contributed by atoms with Crippen LogP contribution in [0, 0.1) is 0 Å². The highest BCUT2D eigenvalue weighted by molar-refractivity contribution is 6.03. The van der Waals surface area contributed by atoms with E-state index < -0.39 is 0 Å². The van der Waals surface area contributed by atoms with Gasteiger partial charge in [0, 0.05) is 44.9 Å². The zero-order valence-electron chi connectivity index (χ0n) is 13.3. The number of aryl methyl sites for hydroxylation is 2. The number of hydrogen-bond donors (Lipinski definition) is 1. The van der Waals surface area contributed by atoms with Crippen molar-refractivity contribution < 1.29 is 9.53 Å². The first kappa shape index (κ1) is 15.5. The van der Waals surface area contributed by atoms with E-state index in [9.17, 15) is 9.59 Å². The van der Waals surface area contributed by atoms with Gasteiger partial charge in [-0.1, -0.05) is 0 Å². The Morgan fingerprint density at radius 3 is 2.91 bits per heavy atom. The van der Waals surface area contributed by atoms with Gasteiger partial charge in [0.05, 0.1) is 17.9 Å². The summed E-state index contributed by atoms with van der Waals surface area (Å²) in [6, 6.07) is 4.78. The van der Waals surface area contributed by atoms with Crippen molar-refractivity contribution >= 4 is 11.7 Å². The van der Waals surface area contributed by atoms with E-state index in [1.54, 1.807) is 18.8 Å². The number of ether oxygens (including phenoxy) is 1. The lowest BCUT2D eigenvalue weighted by Crippen LogP contribution is -2.20. The van der Waals surface area contributed by atoms with Gasteiger partial charge in [-0.25, -0.2) is 0 Å². The van der Waals surface area contributed by atoms with Gasteiger partial charge in [0.1, 0.15) is 5.82 Å². The molecule has 1 unspecified atom stereocenters. The lowest BCUT2D eigenvalue weighted by Gasteiger charge is -2.19. The first-order valence-corrected chi connectivity index (χ1v) is 7.64. The third-order valence-electron chi connectivity index (χ3n) is 4.07. The molecule has 7 heteroatoms. The molecule has 0 radical (unpaired) electrons. The van der Waals surface area contributed by atoms with Gasteiger partial charge >= 0.3 is 0 Å². The van der Waals surface area contributed by atoms with Crippen LogP contribution in [0.25, 0.3) is 0 Å². The molecular weight excluding hydrogens is 296 g/mol. The lowest BCUT2D eigenvalue weighted by molar-refractivity contribution is 0.0791. The molecule has 0 aromatic carbocycles. The van der Waals surface area contributed by atoms with Crippen LogP contribution in [0.3, 0.4) is 0 Å². The molecule has 0 spiro atoms. The monoisotopic (exact) mass is 316 g/mol. The number of amides is 1. The first-order chi connectivity index (χ1) is 11.0. The predicted molar refractivity (Wildman–Crippen MR) is 85.6 cm³/mol. The van der Waals surface area contributed by atoms with Crippen LogP contribution in [0.5, 0.6) is 0 Å². The minimum Gasteiger partial charge on any atom is -0.381 e. The lowest BCUT2D eigenvalue weighted by atomic mass is 9.99. The molecule has 0 saturated carbocycles. The number of rotatable bonds is 3. The summed E-state index contributed by atoms with van der Waals surface area (Å²) >= 11 is 0. The van der Waals surface area contributed by atoms with Crippen LogP contribution in [0.4, 0.5) is 5.82 Å². The Morgan fingerprint density at radius 1 is 1.39 bits per heavy atom. The van der Waals surface area contributed by atoms with Crippen molar-refractivity contribution in [3.63, 3.8) is 0 Å². The van der Waals surface area contributed by atoms with Crippen molar-refractivity contribution in [2.24, 2.45) is 14.1 Å². The Hall–Kier alpha value is -2.41. The highest BCUT2D eigenvalue weighted by Gasteiger charge is 2.20. The molecule has 23 heavy (non-hydrogen) atoms. The minimum absolute atomic E-state index is 0.151. The third kappa shape index (κ3) is 3.34. The Balaban J connectivity index is 1.76. The molecule has 0 aliphatic carbocycles. The molecule has 1 N–H and O–H groups in total. The number of nitrogens with zero attached hydrogens (tertiary/aromatic N) is 3. The van der Waals surface area contributed by atoms with E-state index in [0.717, 1.165) is 25.1 Å². The standard InChI is InChI=1S/C16H20N4O3/c1-19-9-11(5-6-15(19)21)16(22)17-14-8-13(18-20(14)2)12-4-3-7-23-10-12/h5-6,8-9,12H,3-4,7,10H2,1-2H3,(H,17,22). The molecule has 122 valence electrons.